The predicted octanol–water partition coefficient (Wildman–Crippen LogP) is 15.0. The van der Waals surface area contributed by atoms with E-state index in [-0.39, 0.29) is 0 Å². The Bertz CT molecular complexity index is 1880. The van der Waals surface area contributed by atoms with Crippen molar-refractivity contribution >= 4 is 76.5 Å². The Morgan fingerprint density at radius 1 is 0.417 bits per heavy atom. The molecule has 0 unspecified atom stereocenters. The van der Waals surface area contributed by atoms with Gasteiger partial charge in [0, 0.05) is 20.2 Å². The molecule has 244 valence electrons. The number of benzene rings is 4. The van der Waals surface area contributed by atoms with Gasteiger partial charge in [-0.05, 0) is 71.2 Å². The van der Waals surface area contributed by atoms with Crippen molar-refractivity contribution in [3.8, 4) is 0 Å². The molecule has 0 nitrogen and oxygen atoms in total. The molecule has 6 aromatic rings. The maximum atomic E-state index is 2.33. The van der Waals surface area contributed by atoms with Gasteiger partial charge >= 0.3 is 0 Å². The number of allylic oxidation sites excluding steroid dienone is 4. The van der Waals surface area contributed by atoms with Crippen molar-refractivity contribution in [3.05, 3.63) is 143 Å². The fraction of sp³-hybridized carbons (Fsp3) is 0.261. The van der Waals surface area contributed by atoms with Gasteiger partial charge in [0.2, 0.25) is 0 Å². The van der Waals surface area contributed by atoms with Gasteiger partial charge in [-0.15, -0.1) is 22.7 Å². The van der Waals surface area contributed by atoms with Crippen molar-refractivity contribution in [2.45, 2.75) is 78.1 Å². The fourth-order valence-corrected chi connectivity index (χ4v) is 9.02. The van der Waals surface area contributed by atoms with E-state index >= 15 is 0 Å². The van der Waals surface area contributed by atoms with Gasteiger partial charge in [-0.25, -0.2) is 0 Å². The minimum absolute atomic E-state index is 1.19. The van der Waals surface area contributed by atoms with Crippen LogP contribution < -0.4 is 0 Å². The van der Waals surface area contributed by atoms with E-state index in [1.807, 2.05) is 22.7 Å². The van der Waals surface area contributed by atoms with Gasteiger partial charge < -0.3 is 0 Å². The van der Waals surface area contributed by atoms with Crippen LogP contribution in [-0.4, -0.2) is 0 Å². The summed E-state index contributed by atoms with van der Waals surface area (Å²) < 4.78 is 5.53. The van der Waals surface area contributed by atoms with Crippen molar-refractivity contribution in [2.75, 3.05) is 0 Å². The monoisotopic (exact) mass is 664 g/mol. The highest BCUT2D eigenvalue weighted by Gasteiger charge is 2.12. The van der Waals surface area contributed by atoms with Gasteiger partial charge in [-0.3, -0.25) is 0 Å². The maximum Gasteiger partial charge on any atom is 0.0542 e. The molecule has 0 amide bonds. The molecule has 4 aromatic carbocycles. The van der Waals surface area contributed by atoms with E-state index in [1.54, 1.807) is 0 Å². The van der Waals surface area contributed by atoms with Crippen LogP contribution in [0.4, 0.5) is 0 Å². The van der Waals surface area contributed by atoms with Crippen LogP contribution >= 0.6 is 22.7 Å². The third kappa shape index (κ3) is 9.13. The van der Waals surface area contributed by atoms with Gasteiger partial charge in [-0.1, -0.05) is 174 Å². The lowest BCUT2D eigenvalue weighted by atomic mass is 10.0. The van der Waals surface area contributed by atoms with Gasteiger partial charge in [0.1, 0.15) is 0 Å². The second-order valence-electron chi connectivity index (χ2n) is 12.9. The molecule has 0 saturated carbocycles. The van der Waals surface area contributed by atoms with Gasteiger partial charge in [0.05, 0.1) is 9.40 Å². The minimum Gasteiger partial charge on any atom is -0.134 e. The lowest BCUT2D eigenvalue weighted by Gasteiger charge is -2.01. The van der Waals surface area contributed by atoms with Crippen LogP contribution in [-0.2, 0) is 12.8 Å². The number of hydrogen-bond donors (Lipinski definition) is 0. The second-order valence-corrected chi connectivity index (χ2v) is 15.0. The van der Waals surface area contributed by atoms with Crippen LogP contribution in [0.2, 0.25) is 0 Å². The topological polar surface area (TPSA) is 0 Å². The van der Waals surface area contributed by atoms with Crippen LogP contribution in [0.5, 0.6) is 0 Å². The van der Waals surface area contributed by atoms with Crippen molar-refractivity contribution in [3.63, 3.8) is 0 Å². The summed E-state index contributed by atoms with van der Waals surface area (Å²) in [6.07, 6.45) is 30.3. The zero-order valence-electron chi connectivity index (χ0n) is 28.6. The van der Waals surface area contributed by atoms with Crippen LogP contribution in [0.3, 0.4) is 0 Å². The first-order chi connectivity index (χ1) is 23.7. The molecular weight excluding hydrogens is 617 g/mol. The first-order valence-corrected chi connectivity index (χ1v) is 19.6. The van der Waals surface area contributed by atoms with Crippen LogP contribution in [0.25, 0.3) is 53.9 Å². The molecular formula is C46H48S2. The van der Waals surface area contributed by atoms with Crippen molar-refractivity contribution < 1.29 is 0 Å². The third-order valence-electron chi connectivity index (χ3n) is 9.11. The summed E-state index contributed by atoms with van der Waals surface area (Å²) in [7, 11) is 0. The zero-order valence-corrected chi connectivity index (χ0v) is 30.2. The lowest BCUT2D eigenvalue weighted by molar-refractivity contribution is 0.667. The molecule has 48 heavy (non-hydrogen) atoms. The highest BCUT2D eigenvalue weighted by atomic mass is 32.1. The fourth-order valence-electron chi connectivity index (χ4n) is 6.27. The van der Waals surface area contributed by atoms with E-state index < -0.39 is 0 Å². The molecule has 0 atom stereocenters. The van der Waals surface area contributed by atoms with E-state index in [1.165, 1.54) is 127 Å². The molecule has 2 aromatic heterocycles. The van der Waals surface area contributed by atoms with E-state index in [9.17, 15) is 0 Å². The number of fused-ring (bicyclic) bond motifs is 5. The largest absolute Gasteiger partial charge is 0.134 e. The Hall–Kier alpha value is -3.98. The quantitative estimate of drug-likeness (QED) is 0.0713. The summed E-state index contributed by atoms with van der Waals surface area (Å²) in [5, 5.41) is 2.73. The van der Waals surface area contributed by atoms with Crippen molar-refractivity contribution in [2.24, 2.45) is 0 Å². The molecule has 0 fully saturated rings. The van der Waals surface area contributed by atoms with Gasteiger partial charge in [-0.2, -0.15) is 0 Å². The SMILES string of the molecule is CCCCCCc1ccc(/C=C/C=C/c2ccc3c(c2)sc2c4ccc(/C=C/C=C/c5ccc(CCCCCC)cc5)cc4sc32)cc1. The first kappa shape index (κ1) is 33.9. The molecule has 2 heteroatoms. The molecule has 0 aliphatic carbocycles. The van der Waals surface area contributed by atoms with E-state index in [0.29, 0.717) is 0 Å². The average Bonchev–Trinajstić information content (AvgIpc) is 3.65. The van der Waals surface area contributed by atoms with E-state index in [0.717, 1.165) is 0 Å². The number of thiophene rings is 2. The number of aryl methyl sites for hydroxylation is 2. The number of hydrogen-bond acceptors (Lipinski definition) is 2. The van der Waals surface area contributed by atoms with Crippen molar-refractivity contribution in [1.82, 2.24) is 0 Å². The van der Waals surface area contributed by atoms with Crippen LogP contribution in [0.1, 0.15) is 98.6 Å². The summed E-state index contributed by atoms with van der Waals surface area (Å²) in [6, 6.07) is 31.8. The molecule has 0 spiro atoms. The molecule has 0 aliphatic rings. The Labute approximate surface area is 295 Å². The molecule has 6 rings (SSSR count). The smallest absolute Gasteiger partial charge is 0.0542 e. The molecule has 0 bridgehead atoms. The summed E-state index contributed by atoms with van der Waals surface area (Å²) in [5.74, 6) is 0. The van der Waals surface area contributed by atoms with E-state index in [4.69, 9.17) is 0 Å². The third-order valence-corrected chi connectivity index (χ3v) is 11.6. The zero-order chi connectivity index (χ0) is 33.0. The highest BCUT2D eigenvalue weighted by Crippen LogP contribution is 2.44. The maximum absolute atomic E-state index is 2.33. The number of unbranched alkanes of at least 4 members (excludes halogenated alkanes) is 6. The molecule has 0 aliphatic heterocycles. The highest BCUT2D eigenvalue weighted by molar-refractivity contribution is 7.36. The first-order valence-electron chi connectivity index (χ1n) is 18.0. The van der Waals surface area contributed by atoms with Crippen LogP contribution in [0, 0.1) is 0 Å². The van der Waals surface area contributed by atoms with Crippen LogP contribution in [0.15, 0.2) is 109 Å². The molecule has 0 radical (unpaired) electrons. The van der Waals surface area contributed by atoms with E-state index in [2.05, 4.69) is 147 Å². The normalized spacial score (nSPS) is 12.5. The summed E-state index contributed by atoms with van der Waals surface area (Å²) in [6.45, 7) is 4.53. The lowest BCUT2D eigenvalue weighted by Crippen LogP contribution is -1.85. The Kier molecular flexibility index (Phi) is 12.3. The minimum atomic E-state index is 1.19. The standard InChI is InChI=1S/C46H48S2/c1-3-5-7-9-15-35-21-25-37(26-22-35)17-11-13-19-39-29-31-41-43(33-39)47-46-42-32-30-40(34-44(42)48-45(41)46)20-14-12-18-38-27-23-36(24-28-38)16-10-8-6-4-2/h11-14,17-34H,3-10,15-16H2,1-2H3/b17-11+,18-12+,19-13+,20-14+. The second kappa shape index (κ2) is 17.4. The Morgan fingerprint density at radius 3 is 1.19 bits per heavy atom. The molecule has 0 saturated heterocycles. The van der Waals surface area contributed by atoms with Gasteiger partial charge in [0.15, 0.2) is 0 Å². The summed E-state index contributed by atoms with van der Waals surface area (Å²) in [4.78, 5) is 0. The summed E-state index contributed by atoms with van der Waals surface area (Å²) >= 11 is 3.84. The molecule has 0 N–H and O–H groups in total. The Morgan fingerprint density at radius 2 is 0.792 bits per heavy atom. The Balaban J connectivity index is 1.06. The number of rotatable bonds is 16. The van der Waals surface area contributed by atoms with Crippen molar-refractivity contribution in [1.29, 1.82) is 0 Å². The predicted molar refractivity (Wildman–Crippen MR) is 219 cm³/mol. The van der Waals surface area contributed by atoms with Gasteiger partial charge in [0.25, 0.3) is 0 Å². The molecule has 2 heterocycles. The summed E-state index contributed by atoms with van der Waals surface area (Å²) in [5.41, 5.74) is 7.88. The average molecular weight is 665 g/mol.